The summed E-state index contributed by atoms with van der Waals surface area (Å²) in [5.74, 6) is -3.49. The monoisotopic (exact) mass is 278 g/mol. The lowest BCUT2D eigenvalue weighted by Gasteiger charge is -2.27. The Balaban J connectivity index is 3.26. The van der Waals surface area contributed by atoms with Gasteiger partial charge in [0.1, 0.15) is 11.2 Å². The van der Waals surface area contributed by atoms with Gasteiger partial charge in [-0.05, 0) is 28.9 Å². The van der Waals surface area contributed by atoms with E-state index >= 15 is 0 Å². The van der Waals surface area contributed by atoms with Crippen LogP contribution in [0.2, 0.25) is 0 Å². The van der Waals surface area contributed by atoms with Gasteiger partial charge in [0.2, 0.25) is 0 Å². The minimum absolute atomic E-state index is 0.129. The molecule has 0 fully saturated rings. The van der Waals surface area contributed by atoms with Gasteiger partial charge in [-0.3, -0.25) is 4.79 Å². The van der Waals surface area contributed by atoms with Crippen molar-refractivity contribution >= 4 is 27.9 Å². The molecule has 1 unspecified atom stereocenters. The van der Waals surface area contributed by atoms with Crippen LogP contribution >= 0.6 is 15.9 Å². The minimum Gasteiger partial charge on any atom is -0.481 e. The summed E-state index contributed by atoms with van der Waals surface area (Å²) in [6.45, 7) is 1.15. The topological polar surface area (TPSA) is 74.6 Å². The summed E-state index contributed by atoms with van der Waals surface area (Å²) in [7, 11) is 0. The first-order valence-corrected chi connectivity index (χ1v) is 4.81. The molecule has 6 heteroatoms. The van der Waals surface area contributed by atoms with E-state index in [1.807, 2.05) is 0 Å². The molecule has 1 rings (SSSR count). The molecule has 15 heavy (non-hydrogen) atoms. The number of hydrogen-bond acceptors (Lipinski definition) is 2. The Labute approximate surface area is 93.2 Å². The molecule has 0 radical (unpaired) electrons. The molecule has 0 amide bonds. The molecule has 0 aromatic heterocycles. The number of allylic oxidation sites excluding steroid dienone is 2. The van der Waals surface area contributed by atoms with Crippen LogP contribution < -0.4 is 0 Å². The smallest absolute Gasteiger partial charge is 0.331 e. The van der Waals surface area contributed by atoms with Crippen LogP contribution in [-0.4, -0.2) is 22.2 Å². The van der Waals surface area contributed by atoms with Crippen molar-refractivity contribution in [1.82, 2.24) is 0 Å². The summed E-state index contributed by atoms with van der Waals surface area (Å²) in [6, 6.07) is 0. The zero-order chi connectivity index (χ0) is 11.8. The second-order valence-corrected chi connectivity index (χ2v) is 4.31. The molecule has 0 bridgehead atoms. The Bertz CT molecular complexity index is 399. The molecular weight excluding hydrogens is 271 g/mol. The first kappa shape index (κ1) is 11.9. The predicted molar refractivity (Wildman–Crippen MR) is 53.1 cm³/mol. The second-order valence-electron chi connectivity index (χ2n) is 3.45. The standard InChI is InChI=1S/C9H8BrFO4/c1-9(8(14)15)3-4(7(12)13)2-5(10)6(9)11/h2H,3H2,1H3,(H,12,13)(H,14,15). The highest BCUT2D eigenvalue weighted by Crippen LogP contribution is 2.43. The van der Waals surface area contributed by atoms with E-state index in [1.54, 1.807) is 0 Å². The van der Waals surface area contributed by atoms with Gasteiger partial charge < -0.3 is 10.2 Å². The van der Waals surface area contributed by atoms with E-state index in [9.17, 15) is 14.0 Å². The number of carboxylic acid groups (broad SMARTS) is 2. The van der Waals surface area contributed by atoms with Gasteiger partial charge in [0, 0.05) is 12.0 Å². The minimum atomic E-state index is -1.80. The summed E-state index contributed by atoms with van der Waals surface area (Å²) >= 11 is 2.81. The van der Waals surface area contributed by atoms with Gasteiger partial charge in [0.15, 0.2) is 0 Å². The Morgan fingerprint density at radius 3 is 2.47 bits per heavy atom. The predicted octanol–water partition coefficient (Wildman–Crippen LogP) is 2.07. The Morgan fingerprint density at radius 1 is 1.53 bits per heavy atom. The lowest BCUT2D eigenvalue weighted by Crippen LogP contribution is -2.32. The molecule has 0 heterocycles. The van der Waals surface area contributed by atoms with Gasteiger partial charge >= 0.3 is 11.9 Å². The number of halogens is 2. The fourth-order valence-corrected chi connectivity index (χ4v) is 2.01. The van der Waals surface area contributed by atoms with Gasteiger partial charge in [-0.2, -0.15) is 0 Å². The first-order valence-electron chi connectivity index (χ1n) is 4.02. The van der Waals surface area contributed by atoms with Crippen LogP contribution in [0.25, 0.3) is 0 Å². The zero-order valence-corrected chi connectivity index (χ0v) is 9.34. The zero-order valence-electron chi connectivity index (χ0n) is 7.75. The maximum absolute atomic E-state index is 13.5. The van der Waals surface area contributed by atoms with E-state index in [2.05, 4.69) is 15.9 Å². The fraction of sp³-hybridized carbons (Fsp3) is 0.333. The quantitative estimate of drug-likeness (QED) is 0.811. The van der Waals surface area contributed by atoms with Crippen LogP contribution in [0, 0.1) is 5.41 Å². The number of hydrogen-bond donors (Lipinski definition) is 2. The third-order valence-electron chi connectivity index (χ3n) is 2.29. The molecule has 4 nitrogen and oxygen atoms in total. The highest BCUT2D eigenvalue weighted by Gasteiger charge is 2.43. The van der Waals surface area contributed by atoms with Crippen molar-refractivity contribution in [2.45, 2.75) is 13.3 Å². The van der Waals surface area contributed by atoms with E-state index < -0.39 is 23.2 Å². The maximum atomic E-state index is 13.5. The molecular formula is C9H8BrFO4. The summed E-state index contributed by atoms with van der Waals surface area (Å²) in [5, 5.41) is 17.6. The van der Waals surface area contributed by atoms with Crippen molar-refractivity contribution in [3.8, 4) is 0 Å². The van der Waals surface area contributed by atoms with E-state index in [1.165, 1.54) is 0 Å². The highest BCUT2D eigenvalue weighted by atomic mass is 79.9. The SMILES string of the molecule is CC1(C(=O)O)CC(C(=O)O)=CC(Br)=C1F. The Hall–Kier alpha value is -1.17. The molecule has 0 saturated carbocycles. The average molecular weight is 279 g/mol. The van der Waals surface area contributed by atoms with E-state index in [0.29, 0.717) is 0 Å². The van der Waals surface area contributed by atoms with Gasteiger partial charge in [0.05, 0.1) is 4.48 Å². The summed E-state index contributed by atoms with van der Waals surface area (Å²) in [5.41, 5.74) is -1.94. The van der Waals surface area contributed by atoms with Crippen LogP contribution in [0.5, 0.6) is 0 Å². The molecule has 0 aliphatic heterocycles. The average Bonchev–Trinajstić information content (AvgIpc) is 2.12. The van der Waals surface area contributed by atoms with E-state index in [0.717, 1.165) is 13.0 Å². The molecule has 0 aromatic rings. The van der Waals surface area contributed by atoms with Crippen molar-refractivity contribution < 1.29 is 24.2 Å². The molecule has 0 saturated heterocycles. The normalized spacial score (nSPS) is 26.2. The van der Waals surface area contributed by atoms with Crippen LogP contribution in [-0.2, 0) is 9.59 Å². The summed E-state index contributed by atoms with van der Waals surface area (Å²) < 4.78 is 13.4. The fourth-order valence-electron chi connectivity index (χ4n) is 1.30. The molecule has 1 aliphatic rings. The molecule has 2 N–H and O–H groups in total. The van der Waals surface area contributed by atoms with Crippen molar-refractivity contribution in [2.24, 2.45) is 5.41 Å². The van der Waals surface area contributed by atoms with Crippen LogP contribution in [0.4, 0.5) is 4.39 Å². The van der Waals surface area contributed by atoms with Crippen molar-refractivity contribution in [3.63, 3.8) is 0 Å². The summed E-state index contributed by atoms with van der Waals surface area (Å²) in [6.07, 6.45) is 0.723. The highest BCUT2D eigenvalue weighted by molar-refractivity contribution is 9.11. The lowest BCUT2D eigenvalue weighted by molar-refractivity contribution is -0.146. The lowest BCUT2D eigenvalue weighted by atomic mass is 9.79. The third-order valence-corrected chi connectivity index (χ3v) is 2.86. The molecule has 1 atom stereocenters. The summed E-state index contributed by atoms with van der Waals surface area (Å²) in [4.78, 5) is 21.6. The van der Waals surface area contributed by atoms with Gasteiger partial charge in [-0.1, -0.05) is 0 Å². The Kier molecular flexibility index (Phi) is 2.99. The van der Waals surface area contributed by atoms with Crippen LogP contribution in [0.1, 0.15) is 13.3 Å². The second kappa shape index (κ2) is 3.77. The number of carboxylic acids is 2. The molecule has 82 valence electrons. The van der Waals surface area contributed by atoms with Crippen LogP contribution in [0.15, 0.2) is 22.0 Å². The Morgan fingerprint density at radius 2 is 2.07 bits per heavy atom. The number of aliphatic carboxylic acids is 2. The van der Waals surface area contributed by atoms with Gasteiger partial charge in [-0.15, -0.1) is 0 Å². The molecule has 0 spiro atoms. The van der Waals surface area contributed by atoms with Gasteiger partial charge in [-0.25, -0.2) is 9.18 Å². The van der Waals surface area contributed by atoms with Gasteiger partial charge in [0.25, 0.3) is 0 Å². The number of rotatable bonds is 2. The van der Waals surface area contributed by atoms with E-state index in [4.69, 9.17) is 10.2 Å². The van der Waals surface area contributed by atoms with Crippen molar-refractivity contribution in [2.75, 3.05) is 0 Å². The van der Waals surface area contributed by atoms with Crippen LogP contribution in [0.3, 0.4) is 0 Å². The maximum Gasteiger partial charge on any atom is 0.331 e. The number of carbonyl (C=O) groups is 2. The van der Waals surface area contributed by atoms with Crippen molar-refractivity contribution in [3.05, 3.63) is 22.0 Å². The third kappa shape index (κ3) is 1.94. The van der Waals surface area contributed by atoms with Crippen molar-refractivity contribution in [1.29, 1.82) is 0 Å². The molecule has 0 aromatic carbocycles. The molecule has 1 aliphatic carbocycles. The largest absolute Gasteiger partial charge is 0.481 e. The van der Waals surface area contributed by atoms with E-state index in [-0.39, 0.29) is 16.5 Å². The first-order chi connectivity index (χ1) is 6.79.